The van der Waals surface area contributed by atoms with Gasteiger partial charge in [-0.1, -0.05) is 33.1 Å². The van der Waals surface area contributed by atoms with E-state index in [1.807, 2.05) is 6.20 Å². The van der Waals surface area contributed by atoms with Crippen molar-refractivity contribution < 1.29 is 0 Å². The van der Waals surface area contributed by atoms with Crippen LogP contribution in [-0.4, -0.2) is 16.8 Å². The van der Waals surface area contributed by atoms with Crippen molar-refractivity contribution in [3.63, 3.8) is 0 Å². The van der Waals surface area contributed by atoms with Gasteiger partial charge in [-0.15, -0.1) is 0 Å². The van der Waals surface area contributed by atoms with Crippen molar-refractivity contribution in [2.75, 3.05) is 7.05 Å². The summed E-state index contributed by atoms with van der Waals surface area (Å²) in [6.07, 6.45) is 7.02. The molecule has 1 aromatic heterocycles. The largest absolute Gasteiger partial charge is 0.311 e. The van der Waals surface area contributed by atoms with Crippen molar-refractivity contribution in [2.45, 2.75) is 65.5 Å². The number of hydrogen-bond acceptors (Lipinski definition) is 2. The molecule has 0 bridgehead atoms. The van der Waals surface area contributed by atoms with Crippen molar-refractivity contribution >= 4 is 0 Å². The van der Waals surface area contributed by atoms with Crippen molar-refractivity contribution in [1.82, 2.24) is 15.1 Å². The summed E-state index contributed by atoms with van der Waals surface area (Å²) in [5.74, 6) is 0.698. The van der Waals surface area contributed by atoms with E-state index in [0.717, 1.165) is 0 Å². The molecule has 1 heterocycles. The van der Waals surface area contributed by atoms with E-state index in [4.69, 9.17) is 0 Å². The van der Waals surface area contributed by atoms with Crippen LogP contribution in [0.25, 0.3) is 0 Å². The molecule has 2 unspecified atom stereocenters. The minimum Gasteiger partial charge on any atom is -0.311 e. The number of nitrogens with zero attached hydrogens (tertiary/aromatic N) is 2. The molecule has 1 aromatic rings. The molecule has 0 spiro atoms. The third kappa shape index (κ3) is 3.58. The monoisotopic (exact) mass is 251 g/mol. The third-order valence-corrected chi connectivity index (χ3v) is 3.74. The number of nitrogens with one attached hydrogen (secondary N) is 1. The van der Waals surface area contributed by atoms with Crippen molar-refractivity contribution in [2.24, 2.45) is 5.92 Å². The van der Waals surface area contributed by atoms with Gasteiger partial charge in [0, 0.05) is 12.2 Å². The highest BCUT2D eigenvalue weighted by atomic mass is 15.3. The third-order valence-electron chi connectivity index (χ3n) is 3.74. The highest BCUT2D eigenvalue weighted by Gasteiger charge is 2.23. The Labute approximate surface area is 112 Å². The average molecular weight is 251 g/mol. The molecule has 0 fully saturated rings. The first-order valence-corrected chi connectivity index (χ1v) is 7.36. The summed E-state index contributed by atoms with van der Waals surface area (Å²) in [5, 5.41) is 7.96. The van der Waals surface area contributed by atoms with Crippen LogP contribution in [0, 0.1) is 5.92 Å². The maximum Gasteiger partial charge on any atom is 0.0559 e. The van der Waals surface area contributed by atoms with Crippen LogP contribution in [0.3, 0.4) is 0 Å². The molecule has 3 heteroatoms. The SMILES string of the molecule is CCCCC(CC)C(NC)c1ccnn1C(C)C. The molecular weight excluding hydrogens is 222 g/mol. The highest BCUT2D eigenvalue weighted by molar-refractivity contribution is 5.09. The second-order valence-electron chi connectivity index (χ2n) is 5.37. The van der Waals surface area contributed by atoms with E-state index in [0.29, 0.717) is 18.0 Å². The van der Waals surface area contributed by atoms with E-state index in [2.05, 4.69) is 55.9 Å². The fourth-order valence-corrected chi connectivity index (χ4v) is 2.70. The van der Waals surface area contributed by atoms with Crippen molar-refractivity contribution in [1.29, 1.82) is 0 Å². The zero-order valence-electron chi connectivity index (χ0n) is 12.6. The van der Waals surface area contributed by atoms with Gasteiger partial charge < -0.3 is 5.32 Å². The summed E-state index contributed by atoms with van der Waals surface area (Å²) in [6, 6.07) is 3.01. The van der Waals surface area contributed by atoms with Crippen LogP contribution in [0.4, 0.5) is 0 Å². The Balaban J connectivity index is 2.89. The van der Waals surface area contributed by atoms with Crippen LogP contribution in [0.2, 0.25) is 0 Å². The molecule has 2 atom stereocenters. The van der Waals surface area contributed by atoms with E-state index in [1.165, 1.54) is 31.4 Å². The number of hydrogen-bond donors (Lipinski definition) is 1. The summed E-state index contributed by atoms with van der Waals surface area (Å²) >= 11 is 0. The fourth-order valence-electron chi connectivity index (χ4n) is 2.70. The van der Waals surface area contributed by atoms with Crippen molar-refractivity contribution in [3.8, 4) is 0 Å². The normalized spacial score (nSPS) is 15.0. The lowest BCUT2D eigenvalue weighted by atomic mass is 9.89. The summed E-state index contributed by atoms with van der Waals surface area (Å²) < 4.78 is 2.15. The van der Waals surface area contributed by atoms with Gasteiger partial charge in [0.1, 0.15) is 0 Å². The van der Waals surface area contributed by atoms with Gasteiger partial charge in [0.15, 0.2) is 0 Å². The number of unbranched alkanes of at least 4 members (excludes halogenated alkanes) is 1. The molecule has 18 heavy (non-hydrogen) atoms. The number of aromatic nitrogens is 2. The summed E-state index contributed by atoms with van der Waals surface area (Å²) in [5.41, 5.74) is 1.33. The first-order chi connectivity index (χ1) is 8.65. The van der Waals surface area contributed by atoms with E-state index in [9.17, 15) is 0 Å². The molecule has 0 saturated heterocycles. The Kier molecular flexibility index (Phi) is 6.41. The Morgan fingerprint density at radius 3 is 2.56 bits per heavy atom. The van der Waals surface area contributed by atoms with Gasteiger partial charge in [0.2, 0.25) is 0 Å². The molecular formula is C15H29N3. The fraction of sp³-hybridized carbons (Fsp3) is 0.800. The van der Waals surface area contributed by atoms with Crippen LogP contribution in [0.1, 0.15) is 71.2 Å². The minimum atomic E-state index is 0.423. The van der Waals surface area contributed by atoms with Gasteiger partial charge in [-0.25, -0.2) is 0 Å². The molecule has 0 aliphatic carbocycles. The maximum atomic E-state index is 4.46. The molecule has 0 aliphatic heterocycles. The Morgan fingerprint density at radius 2 is 2.06 bits per heavy atom. The summed E-state index contributed by atoms with van der Waals surface area (Å²) in [7, 11) is 2.07. The first kappa shape index (κ1) is 15.2. The van der Waals surface area contributed by atoms with Crippen LogP contribution in [0.5, 0.6) is 0 Å². The lowest BCUT2D eigenvalue weighted by molar-refractivity contribution is 0.316. The predicted molar refractivity (Wildman–Crippen MR) is 77.7 cm³/mol. The molecule has 0 radical (unpaired) electrons. The maximum absolute atomic E-state index is 4.46. The molecule has 3 nitrogen and oxygen atoms in total. The molecule has 0 saturated carbocycles. The smallest absolute Gasteiger partial charge is 0.0559 e. The lowest BCUT2D eigenvalue weighted by Crippen LogP contribution is -2.28. The highest BCUT2D eigenvalue weighted by Crippen LogP contribution is 2.29. The van der Waals surface area contributed by atoms with Gasteiger partial charge in [0.25, 0.3) is 0 Å². The predicted octanol–water partition coefficient (Wildman–Crippen LogP) is 3.94. The standard InChI is InChI=1S/C15H29N3/c1-6-8-9-13(7-2)15(16-5)14-10-11-17-18(14)12(3)4/h10-13,15-16H,6-9H2,1-5H3. The zero-order chi connectivity index (χ0) is 13.5. The lowest BCUT2D eigenvalue weighted by Gasteiger charge is -2.27. The van der Waals surface area contributed by atoms with Crippen LogP contribution in [0.15, 0.2) is 12.3 Å². The molecule has 0 aliphatic rings. The Morgan fingerprint density at radius 1 is 1.33 bits per heavy atom. The zero-order valence-corrected chi connectivity index (χ0v) is 12.6. The van der Waals surface area contributed by atoms with Crippen LogP contribution in [-0.2, 0) is 0 Å². The molecule has 1 rings (SSSR count). The summed E-state index contributed by atoms with van der Waals surface area (Å²) in [4.78, 5) is 0. The van der Waals surface area contributed by atoms with Gasteiger partial charge in [-0.2, -0.15) is 5.10 Å². The van der Waals surface area contributed by atoms with E-state index < -0.39 is 0 Å². The van der Waals surface area contributed by atoms with Gasteiger partial charge >= 0.3 is 0 Å². The average Bonchev–Trinajstić information content (AvgIpc) is 2.83. The van der Waals surface area contributed by atoms with Gasteiger partial charge in [0.05, 0.1) is 11.7 Å². The Bertz CT molecular complexity index is 330. The molecule has 0 amide bonds. The van der Waals surface area contributed by atoms with Crippen LogP contribution < -0.4 is 5.32 Å². The van der Waals surface area contributed by atoms with E-state index in [-0.39, 0.29) is 0 Å². The number of rotatable bonds is 8. The van der Waals surface area contributed by atoms with Gasteiger partial charge in [-0.05, 0) is 39.3 Å². The molecule has 0 aromatic carbocycles. The quantitative estimate of drug-likeness (QED) is 0.758. The second kappa shape index (κ2) is 7.57. The minimum absolute atomic E-state index is 0.423. The van der Waals surface area contributed by atoms with Crippen LogP contribution >= 0.6 is 0 Å². The van der Waals surface area contributed by atoms with E-state index in [1.54, 1.807) is 0 Å². The molecule has 104 valence electrons. The first-order valence-electron chi connectivity index (χ1n) is 7.36. The summed E-state index contributed by atoms with van der Waals surface area (Å²) in [6.45, 7) is 8.94. The van der Waals surface area contributed by atoms with E-state index >= 15 is 0 Å². The Hall–Kier alpha value is -0.830. The second-order valence-corrected chi connectivity index (χ2v) is 5.37. The van der Waals surface area contributed by atoms with Crippen molar-refractivity contribution in [3.05, 3.63) is 18.0 Å². The molecule has 1 N–H and O–H groups in total. The van der Waals surface area contributed by atoms with Gasteiger partial charge in [-0.3, -0.25) is 4.68 Å². The topological polar surface area (TPSA) is 29.9 Å².